The van der Waals surface area contributed by atoms with Gasteiger partial charge in [-0.25, -0.2) is 0 Å². The molecule has 0 saturated carbocycles. The van der Waals surface area contributed by atoms with Crippen molar-refractivity contribution >= 4 is 29.9 Å². The van der Waals surface area contributed by atoms with E-state index >= 15 is 0 Å². The topological polar surface area (TPSA) is 58.1 Å². The van der Waals surface area contributed by atoms with Crippen molar-refractivity contribution in [2.75, 3.05) is 53.0 Å². The number of nitrogens with zero attached hydrogens (tertiary/aromatic N) is 2. The maximum absolute atomic E-state index is 5.91. The average Bonchev–Trinajstić information content (AvgIpc) is 2.69. The van der Waals surface area contributed by atoms with Gasteiger partial charge in [0.15, 0.2) is 5.96 Å². The van der Waals surface area contributed by atoms with Gasteiger partial charge in [-0.15, -0.1) is 24.0 Å². The van der Waals surface area contributed by atoms with E-state index < -0.39 is 0 Å². The molecule has 0 aliphatic carbocycles. The zero-order chi connectivity index (χ0) is 20.2. The Bertz CT molecular complexity index is 598. The summed E-state index contributed by atoms with van der Waals surface area (Å²) >= 11 is 0. The highest BCUT2D eigenvalue weighted by Gasteiger charge is 2.20. The first-order valence-electron chi connectivity index (χ1n) is 10.6. The van der Waals surface area contributed by atoms with Gasteiger partial charge in [-0.2, -0.15) is 0 Å². The molecule has 1 aliphatic rings. The summed E-state index contributed by atoms with van der Waals surface area (Å²) in [6.45, 7) is 13.0. The lowest BCUT2D eigenvalue weighted by molar-refractivity contribution is -0.0261. The molecule has 1 unspecified atom stereocenters. The fourth-order valence-corrected chi connectivity index (χ4v) is 3.44. The fraction of sp³-hybridized carbons (Fsp3) is 0.682. The van der Waals surface area contributed by atoms with E-state index in [1.54, 1.807) is 7.11 Å². The third-order valence-corrected chi connectivity index (χ3v) is 4.71. The number of hydrogen-bond acceptors (Lipinski definition) is 4. The molecule has 29 heavy (non-hydrogen) atoms. The van der Waals surface area contributed by atoms with Gasteiger partial charge in [0.2, 0.25) is 0 Å². The van der Waals surface area contributed by atoms with Crippen molar-refractivity contribution in [3.63, 3.8) is 0 Å². The van der Waals surface area contributed by atoms with Crippen LogP contribution in [0.5, 0.6) is 5.75 Å². The summed E-state index contributed by atoms with van der Waals surface area (Å²) in [6, 6.07) is 8.26. The molecule has 2 rings (SSSR count). The Morgan fingerprint density at radius 3 is 2.90 bits per heavy atom. The smallest absolute Gasteiger partial charge is 0.191 e. The fourth-order valence-electron chi connectivity index (χ4n) is 3.44. The molecule has 1 aromatic carbocycles. The van der Waals surface area contributed by atoms with Crippen LogP contribution in [0.3, 0.4) is 0 Å². The molecule has 2 N–H and O–H groups in total. The van der Waals surface area contributed by atoms with Crippen LogP contribution in [-0.4, -0.2) is 69.9 Å². The normalized spacial score (nSPS) is 17.7. The summed E-state index contributed by atoms with van der Waals surface area (Å²) in [5.74, 6) is 2.47. The van der Waals surface area contributed by atoms with Gasteiger partial charge in [0, 0.05) is 32.7 Å². The van der Waals surface area contributed by atoms with E-state index in [2.05, 4.69) is 48.4 Å². The second-order valence-electron chi connectivity index (χ2n) is 7.75. The Labute approximate surface area is 193 Å². The van der Waals surface area contributed by atoms with Crippen LogP contribution in [-0.2, 0) is 11.2 Å². The van der Waals surface area contributed by atoms with E-state index in [1.807, 2.05) is 12.1 Å². The van der Waals surface area contributed by atoms with Gasteiger partial charge in [-0.05, 0) is 43.4 Å². The third-order valence-electron chi connectivity index (χ3n) is 4.71. The Morgan fingerprint density at radius 2 is 2.17 bits per heavy atom. The van der Waals surface area contributed by atoms with Crippen LogP contribution in [0.1, 0.15) is 32.8 Å². The van der Waals surface area contributed by atoms with E-state index in [4.69, 9.17) is 14.5 Å². The Balaban J connectivity index is 0.00000420. The molecule has 7 heteroatoms. The molecule has 0 radical (unpaired) electrons. The molecular formula is C22H39IN4O2. The molecule has 0 spiro atoms. The lowest BCUT2D eigenvalue weighted by atomic mass is 10.1. The highest BCUT2D eigenvalue weighted by atomic mass is 127. The first kappa shape index (κ1) is 26.0. The molecule has 1 aromatic rings. The standard InChI is InChI=1S/C22H38N4O2.HI/c1-5-23-22(24-11-7-9-19-8-6-10-20(14-19)27-4)25-15-21-17-26(12-13-28-21)16-18(2)3;/h6,8,10,14,18,21H,5,7,9,11-13,15-17H2,1-4H3,(H2,23,24,25);1H. The van der Waals surface area contributed by atoms with E-state index in [-0.39, 0.29) is 30.1 Å². The number of ether oxygens (including phenoxy) is 2. The quantitative estimate of drug-likeness (QED) is 0.216. The van der Waals surface area contributed by atoms with Crippen LogP contribution in [0.2, 0.25) is 0 Å². The molecule has 0 aromatic heterocycles. The van der Waals surface area contributed by atoms with Crippen molar-refractivity contribution in [3.8, 4) is 5.75 Å². The molecular weight excluding hydrogens is 479 g/mol. The summed E-state index contributed by atoms with van der Waals surface area (Å²) in [4.78, 5) is 7.23. The SMILES string of the molecule is CCNC(=NCC1CN(CC(C)C)CCO1)NCCCc1cccc(OC)c1.I. The number of rotatable bonds is 10. The van der Waals surface area contributed by atoms with E-state index in [1.165, 1.54) is 5.56 Å². The van der Waals surface area contributed by atoms with Gasteiger partial charge in [0.1, 0.15) is 5.75 Å². The molecule has 0 amide bonds. The maximum atomic E-state index is 5.91. The van der Waals surface area contributed by atoms with Crippen LogP contribution in [0, 0.1) is 5.92 Å². The molecule has 1 aliphatic heterocycles. The predicted molar refractivity (Wildman–Crippen MR) is 132 cm³/mol. The number of nitrogens with one attached hydrogen (secondary N) is 2. The summed E-state index contributed by atoms with van der Waals surface area (Å²) < 4.78 is 11.2. The number of benzene rings is 1. The summed E-state index contributed by atoms with van der Waals surface area (Å²) in [6.07, 6.45) is 2.24. The van der Waals surface area contributed by atoms with Gasteiger partial charge in [0.05, 0.1) is 26.4 Å². The number of aryl methyl sites for hydroxylation is 1. The van der Waals surface area contributed by atoms with Gasteiger partial charge in [0.25, 0.3) is 0 Å². The number of guanidine groups is 1. The molecule has 0 bridgehead atoms. The second-order valence-corrected chi connectivity index (χ2v) is 7.75. The van der Waals surface area contributed by atoms with Gasteiger partial charge >= 0.3 is 0 Å². The lowest BCUT2D eigenvalue weighted by Gasteiger charge is -2.33. The van der Waals surface area contributed by atoms with Crippen molar-refractivity contribution in [2.24, 2.45) is 10.9 Å². The van der Waals surface area contributed by atoms with Crippen molar-refractivity contribution in [1.29, 1.82) is 0 Å². The number of aliphatic imine (C=N–C) groups is 1. The molecule has 1 saturated heterocycles. The van der Waals surface area contributed by atoms with E-state index in [0.29, 0.717) is 12.5 Å². The summed E-state index contributed by atoms with van der Waals surface area (Å²) in [5.41, 5.74) is 1.30. The minimum Gasteiger partial charge on any atom is -0.497 e. The summed E-state index contributed by atoms with van der Waals surface area (Å²) in [5, 5.41) is 6.77. The highest BCUT2D eigenvalue weighted by molar-refractivity contribution is 14.0. The molecule has 6 nitrogen and oxygen atoms in total. The van der Waals surface area contributed by atoms with Gasteiger partial charge < -0.3 is 20.1 Å². The lowest BCUT2D eigenvalue weighted by Crippen LogP contribution is -2.46. The number of halogens is 1. The number of morpholine rings is 1. The average molecular weight is 518 g/mol. The number of hydrogen-bond donors (Lipinski definition) is 2. The molecule has 1 fully saturated rings. The van der Waals surface area contributed by atoms with E-state index in [9.17, 15) is 0 Å². The molecule has 166 valence electrons. The largest absolute Gasteiger partial charge is 0.497 e. The van der Waals surface area contributed by atoms with E-state index in [0.717, 1.165) is 63.9 Å². The maximum Gasteiger partial charge on any atom is 0.191 e. The van der Waals surface area contributed by atoms with Crippen LogP contribution < -0.4 is 15.4 Å². The Morgan fingerprint density at radius 1 is 1.34 bits per heavy atom. The zero-order valence-electron chi connectivity index (χ0n) is 18.4. The third kappa shape index (κ3) is 10.5. The minimum absolute atomic E-state index is 0. The van der Waals surface area contributed by atoms with Crippen molar-refractivity contribution < 1.29 is 9.47 Å². The monoisotopic (exact) mass is 518 g/mol. The van der Waals surface area contributed by atoms with Gasteiger partial charge in [-0.1, -0.05) is 26.0 Å². The van der Waals surface area contributed by atoms with Crippen molar-refractivity contribution in [1.82, 2.24) is 15.5 Å². The Kier molecular flexibility index (Phi) is 13.3. The summed E-state index contributed by atoms with van der Waals surface area (Å²) in [7, 11) is 1.71. The first-order chi connectivity index (χ1) is 13.6. The van der Waals surface area contributed by atoms with Crippen LogP contribution >= 0.6 is 24.0 Å². The predicted octanol–water partition coefficient (Wildman–Crippen LogP) is 3.16. The van der Waals surface area contributed by atoms with Crippen molar-refractivity contribution in [2.45, 2.75) is 39.7 Å². The van der Waals surface area contributed by atoms with Crippen LogP contribution in [0.4, 0.5) is 0 Å². The minimum atomic E-state index is 0. The first-order valence-corrected chi connectivity index (χ1v) is 10.6. The van der Waals surface area contributed by atoms with Crippen LogP contribution in [0.25, 0.3) is 0 Å². The zero-order valence-corrected chi connectivity index (χ0v) is 20.8. The number of methoxy groups -OCH3 is 1. The molecule has 1 atom stereocenters. The van der Waals surface area contributed by atoms with Crippen LogP contribution in [0.15, 0.2) is 29.3 Å². The van der Waals surface area contributed by atoms with Gasteiger partial charge in [-0.3, -0.25) is 9.89 Å². The molecule has 1 heterocycles. The van der Waals surface area contributed by atoms with Crippen molar-refractivity contribution in [3.05, 3.63) is 29.8 Å². The second kappa shape index (κ2) is 14.8. The highest BCUT2D eigenvalue weighted by Crippen LogP contribution is 2.13. The Hall–Kier alpha value is -1.06.